The van der Waals surface area contributed by atoms with Gasteiger partial charge in [0.05, 0.1) is 6.54 Å². The van der Waals surface area contributed by atoms with Crippen LogP contribution in [-0.2, 0) is 6.54 Å². The van der Waals surface area contributed by atoms with Crippen LogP contribution in [0.2, 0.25) is 0 Å². The number of likely N-dealkylation sites (tertiary alicyclic amines) is 1. The van der Waals surface area contributed by atoms with Crippen LogP contribution in [-0.4, -0.2) is 46.8 Å². The molecule has 126 valence electrons. The molecule has 1 fully saturated rings. The van der Waals surface area contributed by atoms with Gasteiger partial charge in [0.2, 0.25) is 0 Å². The standard InChI is InChI=1S/C18H22N4O2/c23-17-9-8-16(18(24)19-10-13-21-11-4-5-12-21)20-22(17)14-15-6-2-1-3-7-15/h1-3,6-9H,4-5,10-14H2,(H,19,24). The van der Waals surface area contributed by atoms with Gasteiger partial charge in [0.1, 0.15) is 5.69 Å². The molecule has 2 heterocycles. The summed E-state index contributed by atoms with van der Waals surface area (Å²) in [6.45, 7) is 4.02. The molecule has 0 saturated carbocycles. The number of nitrogens with zero attached hydrogens (tertiary/aromatic N) is 3. The zero-order valence-corrected chi connectivity index (χ0v) is 13.6. The molecule has 24 heavy (non-hydrogen) atoms. The SMILES string of the molecule is O=C(NCCN1CCCC1)c1ccc(=O)n(Cc2ccccc2)n1. The number of nitrogens with one attached hydrogen (secondary N) is 1. The summed E-state index contributed by atoms with van der Waals surface area (Å²) in [5, 5.41) is 7.07. The minimum Gasteiger partial charge on any atom is -0.349 e. The van der Waals surface area contributed by atoms with Crippen LogP contribution in [0, 0.1) is 0 Å². The average Bonchev–Trinajstić information content (AvgIpc) is 3.11. The Balaban J connectivity index is 1.61. The van der Waals surface area contributed by atoms with E-state index in [4.69, 9.17) is 0 Å². The van der Waals surface area contributed by atoms with Gasteiger partial charge in [0.25, 0.3) is 11.5 Å². The zero-order valence-electron chi connectivity index (χ0n) is 13.6. The third-order valence-electron chi connectivity index (χ3n) is 4.19. The first-order valence-corrected chi connectivity index (χ1v) is 8.35. The summed E-state index contributed by atoms with van der Waals surface area (Å²) in [7, 11) is 0. The minimum atomic E-state index is -0.240. The molecular weight excluding hydrogens is 304 g/mol. The molecule has 1 aromatic carbocycles. The normalized spacial score (nSPS) is 14.7. The van der Waals surface area contributed by atoms with Gasteiger partial charge in [-0.1, -0.05) is 30.3 Å². The first kappa shape index (κ1) is 16.4. The van der Waals surface area contributed by atoms with E-state index in [0.29, 0.717) is 13.1 Å². The molecule has 0 unspecified atom stereocenters. The molecule has 0 bridgehead atoms. The van der Waals surface area contributed by atoms with E-state index in [1.807, 2.05) is 30.3 Å². The van der Waals surface area contributed by atoms with Crippen molar-refractivity contribution in [3.05, 3.63) is 64.1 Å². The summed E-state index contributed by atoms with van der Waals surface area (Å²) >= 11 is 0. The molecule has 6 heteroatoms. The Bertz CT molecular complexity index is 736. The highest BCUT2D eigenvalue weighted by molar-refractivity contribution is 5.91. The maximum atomic E-state index is 12.2. The molecule has 0 spiro atoms. The van der Waals surface area contributed by atoms with Gasteiger partial charge in [-0.2, -0.15) is 5.10 Å². The molecule has 3 rings (SSSR count). The van der Waals surface area contributed by atoms with Crippen LogP contribution in [0.1, 0.15) is 28.9 Å². The van der Waals surface area contributed by atoms with E-state index >= 15 is 0 Å². The fourth-order valence-electron chi connectivity index (χ4n) is 2.86. The number of carbonyl (C=O) groups is 1. The zero-order chi connectivity index (χ0) is 16.8. The second-order valence-electron chi connectivity index (χ2n) is 6.00. The van der Waals surface area contributed by atoms with Crippen molar-refractivity contribution in [3.63, 3.8) is 0 Å². The third-order valence-corrected chi connectivity index (χ3v) is 4.19. The van der Waals surface area contributed by atoms with E-state index in [1.54, 1.807) is 0 Å². The number of benzene rings is 1. The van der Waals surface area contributed by atoms with Crippen LogP contribution in [0.4, 0.5) is 0 Å². The summed E-state index contributed by atoms with van der Waals surface area (Å²) in [6, 6.07) is 12.5. The van der Waals surface area contributed by atoms with Gasteiger partial charge >= 0.3 is 0 Å². The Hall–Kier alpha value is -2.47. The topological polar surface area (TPSA) is 67.2 Å². The summed E-state index contributed by atoms with van der Waals surface area (Å²) in [4.78, 5) is 26.5. The van der Waals surface area contributed by atoms with Gasteiger partial charge < -0.3 is 10.2 Å². The van der Waals surface area contributed by atoms with Gasteiger partial charge in [-0.3, -0.25) is 9.59 Å². The van der Waals surface area contributed by atoms with E-state index in [0.717, 1.165) is 25.2 Å². The van der Waals surface area contributed by atoms with Gasteiger partial charge in [-0.05, 0) is 37.6 Å². The number of hydrogen-bond donors (Lipinski definition) is 1. The second-order valence-corrected chi connectivity index (χ2v) is 6.00. The predicted octanol–water partition coefficient (Wildman–Crippen LogP) is 1.12. The van der Waals surface area contributed by atoms with Crippen LogP contribution >= 0.6 is 0 Å². The lowest BCUT2D eigenvalue weighted by Crippen LogP contribution is -2.35. The van der Waals surface area contributed by atoms with Crippen LogP contribution in [0.15, 0.2) is 47.3 Å². The van der Waals surface area contributed by atoms with Crippen molar-refractivity contribution in [2.45, 2.75) is 19.4 Å². The Morgan fingerprint density at radius 3 is 2.58 bits per heavy atom. The van der Waals surface area contributed by atoms with Crippen LogP contribution in [0.3, 0.4) is 0 Å². The van der Waals surface area contributed by atoms with Crippen molar-refractivity contribution in [1.29, 1.82) is 0 Å². The molecule has 0 atom stereocenters. The van der Waals surface area contributed by atoms with Gasteiger partial charge in [-0.25, -0.2) is 4.68 Å². The van der Waals surface area contributed by atoms with Crippen LogP contribution in [0.25, 0.3) is 0 Å². The molecule has 2 aromatic rings. The summed E-state index contributed by atoms with van der Waals surface area (Å²) < 4.78 is 1.32. The van der Waals surface area contributed by atoms with Gasteiger partial charge in [-0.15, -0.1) is 0 Å². The maximum absolute atomic E-state index is 12.2. The highest BCUT2D eigenvalue weighted by Crippen LogP contribution is 2.05. The fourth-order valence-corrected chi connectivity index (χ4v) is 2.86. The summed E-state index contributed by atoms with van der Waals surface area (Å²) in [6.07, 6.45) is 2.47. The van der Waals surface area contributed by atoms with Gasteiger partial charge in [0.15, 0.2) is 0 Å². The summed E-state index contributed by atoms with van der Waals surface area (Å²) in [5.41, 5.74) is 1.03. The Labute approximate surface area is 141 Å². The Kier molecular flexibility index (Phi) is 5.38. The van der Waals surface area contributed by atoms with E-state index in [-0.39, 0.29) is 17.2 Å². The predicted molar refractivity (Wildman–Crippen MR) is 92.0 cm³/mol. The minimum absolute atomic E-state index is 0.215. The highest BCUT2D eigenvalue weighted by Gasteiger charge is 2.13. The van der Waals surface area contributed by atoms with E-state index < -0.39 is 0 Å². The quantitative estimate of drug-likeness (QED) is 0.864. The first-order chi connectivity index (χ1) is 11.7. The average molecular weight is 326 g/mol. The molecule has 1 aliphatic rings. The van der Waals surface area contributed by atoms with Crippen molar-refractivity contribution in [1.82, 2.24) is 20.0 Å². The number of hydrogen-bond acceptors (Lipinski definition) is 4. The Morgan fingerprint density at radius 2 is 1.83 bits per heavy atom. The van der Waals surface area contributed by atoms with Crippen molar-refractivity contribution >= 4 is 5.91 Å². The highest BCUT2D eigenvalue weighted by atomic mass is 16.2. The van der Waals surface area contributed by atoms with Crippen molar-refractivity contribution in [3.8, 4) is 0 Å². The lowest BCUT2D eigenvalue weighted by molar-refractivity contribution is 0.0942. The molecule has 1 aliphatic heterocycles. The maximum Gasteiger partial charge on any atom is 0.271 e. The lowest BCUT2D eigenvalue weighted by atomic mass is 10.2. The molecule has 6 nitrogen and oxygen atoms in total. The second kappa shape index (κ2) is 7.88. The van der Waals surface area contributed by atoms with E-state index in [9.17, 15) is 9.59 Å². The van der Waals surface area contributed by atoms with Crippen molar-refractivity contribution in [2.24, 2.45) is 0 Å². The monoisotopic (exact) mass is 326 g/mol. The number of carbonyl (C=O) groups excluding carboxylic acids is 1. The van der Waals surface area contributed by atoms with Crippen LogP contribution < -0.4 is 10.9 Å². The number of amides is 1. The summed E-state index contributed by atoms with van der Waals surface area (Å²) in [5.74, 6) is -0.240. The Morgan fingerprint density at radius 1 is 1.08 bits per heavy atom. The van der Waals surface area contributed by atoms with Crippen molar-refractivity contribution < 1.29 is 4.79 Å². The lowest BCUT2D eigenvalue weighted by Gasteiger charge is -2.14. The molecular formula is C18H22N4O2. The van der Waals surface area contributed by atoms with E-state index in [2.05, 4.69) is 15.3 Å². The smallest absolute Gasteiger partial charge is 0.271 e. The van der Waals surface area contributed by atoms with Crippen molar-refractivity contribution in [2.75, 3.05) is 26.2 Å². The number of rotatable bonds is 6. The fraction of sp³-hybridized carbons (Fsp3) is 0.389. The molecule has 1 saturated heterocycles. The molecule has 1 aromatic heterocycles. The largest absolute Gasteiger partial charge is 0.349 e. The molecule has 1 N–H and O–H groups in total. The molecule has 0 radical (unpaired) electrons. The van der Waals surface area contributed by atoms with E-state index in [1.165, 1.54) is 29.7 Å². The first-order valence-electron chi connectivity index (χ1n) is 8.35. The van der Waals surface area contributed by atoms with Crippen LogP contribution in [0.5, 0.6) is 0 Å². The molecule has 1 amide bonds. The van der Waals surface area contributed by atoms with Gasteiger partial charge in [0, 0.05) is 19.2 Å². The number of aromatic nitrogens is 2. The third kappa shape index (κ3) is 4.29. The molecule has 0 aliphatic carbocycles.